The lowest BCUT2D eigenvalue weighted by Crippen LogP contribution is -2.19. The highest BCUT2D eigenvalue weighted by Gasteiger charge is 2.20. The molecule has 13 heavy (non-hydrogen) atoms. The molecule has 0 amide bonds. The second-order valence-electron chi connectivity index (χ2n) is 2.86. The van der Waals surface area contributed by atoms with Crippen molar-refractivity contribution in [3.05, 3.63) is 0 Å². The van der Waals surface area contributed by atoms with Gasteiger partial charge in [0, 0.05) is 33.5 Å². The number of hydrogen-bond acceptors (Lipinski definition) is 6. The Labute approximate surface area is 104 Å². The maximum atomic E-state index is 2.10. The summed E-state index contributed by atoms with van der Waals surface area (Å²) in [6.07, 6.45) is 0. The third-order valence-electron chi connectivity index (χ3n) is 1.72. The molecular formula is C7H12S6. The molecule has 0 atom stereocenters. The molecule has 2 fully saturated rings. The van der Waals surface area contributed by atoms with Gasteiger partial charge in [-0.3, -0.25) is 0 Å². The molecule has 2 aliphatic rings. The van der Waals surface area contributed by atoms with Crippen molar-refractivity contribution in [3.8, 4) is 0 Å². The molecule has 2 heterocycles. The van der Waals surface area contributed by atoms with Crippen molar-refractivity contribution in [2.75, 3.05) is 28.1 Å². The molecule has 0 radical (unpaired) electrons. The largest absolute Gasteiger partial charge is 0.160 e. The molecule has 0 saturated carbocycles. The summed E-state index contributed by atoms with van der Waals surface area (Å²) in [5.74, 6) is 5.53. The van der Waals surface area contributed by atoms with Crippen molar-refractivity contribution >= 4 is 66.7 Å². The second kappa shape index (κ2) is 6.63. The van der Waals surface area contributed by atoms with E-state index in [1.807, 2.05) is 0 Å². The van der Waals surface area contributed by atoms with Crippen LogP contribution in [0.4, 0.5) is 0 Å². The van der Waals surface area contributed by atoms with Gasteiger partial charge in [0.05, 0.1) is 5.08 Å². The van der Waals surface area contributed by atoms with E-state index in [-0.39, 0.29) is 0 Å². The van der Waals surface area contributed by atoms with Gasteiger partial charge >= 0.3 is 0 Å². The van der Waals surface area contributed by atoms with Gasteiger partial charge < -0.3 is 0 Å². The molecule has 0 aliphatic carbocycles. The van der Waals surface area contributed by atoms with E-state index in [1.165, 1.54) is 28.1 Å². The van der Waals surface area contributed by atoms with E-state index in [2.05, 4.69) is 66.7 Å². The average molecular weight is 289 g/mol. The monoisotopic (exact) mass is 288 g/mol. The van der Waals surface area contributed by atoms with Gasteiger partial charge in [0.2, 0.25) is 0 Å². The molecule has 0 aromatic carbocycles. The zero-order valence-electron chi connectivity index (χ0n) is 7.14. The molecule has 0 aromatic heterocycles. The Balaban J connectivity index is 1.36. The summed E-state index contributed by atoms with van der Waals surface area (Å²) in [7, 11) is 8.30. The minimum Gasteiger partial charge on any atom is -0.160 e. The van der Waals surface area contributed by atoms with E-state index in [4.69, 9.17) is 0 Å². The van der Waals surface area contributed by atoms with Crippen LogP contribution in [0.3, 0.4) is 0 Å². The lowest BCUT2D eigenvalue weighted by molar-refractivity contribution is 1.09. The Morgan fingerprint density at radius 1 is 0.846 bits per heavy atom. The van der Waals surface area contributed by atoms with E-state index < -0.39 is 0 Å². The molecule has 0 nitrogen and oxygen atoms in total. The minimum atomic E-state index is 0.958. The smallest absolute Gasteiger partial charge is 0.0600 e. The predicted octanol–water partition coefficient (Wildman–Crippen LogP) is 3.94. The Morgan fingerprint density at radius 2 is 1.31 bits per heavy atom. The van der Waals surface area contributed by atoms with Gasteiger partial charge in [-0.15, -0.1) is 0 Å². The van der Waals surface area contributed by atoms with Gasteiger partial charge in [0.25, 0.3) is 0 Å². The summed E-state index contributed by atoms with van der Waals surface area (Å²) < 4.78 is 0. The Morgan fingerprint density at radius 3 is 1.62 bits per heavy atom. The standard InChI is InChI=1S/C7H12S6/c1-6(2-8-1)12-10-5-11-13-7-3-9-4-7/h6-7H,1-5H2. The normalized spacial score (nSPS) is 24.0. The van der Waals surface area contributed by atoms with Crippen LogP contribution in [0.5, 0.6) is 0 Å². The molecule has 2 aliphatic heterocycles. The van der Waals surface area contributed by atoms with E-state index in [1.54, 1.807) is 0 Å². The first-order chi connectivity index (χ1) is 6.45. The molecule has 0 aromatic rings. The van der Waals surface area contributed by atoms with Gasteiger partial charge in [-0.05, 0) is 0 Å². The average Bonchev–Trinajstić information content (AvgIpc) is 1.96. The molecular weight excluding hydrogens is 276 g/mol. The highest BCUT2D eigenvalue weighted by atomic mass is 33.1. The predicted molar refractivity (Wildman–Crippen MR) is 77.5 cm³/mol. The molecule has 76 valence electrons. The van der Waals surface area contributed by atoms with E-state index in [9.17, 15) is 0 Å². The highest BCUT2D eigenvalue weighted by molar-refractivity contribution is 8.85. The van der Waals surface area contributed by atoms with Crippen molar-refractivity contribution in [1.29, 1.82) is 0 Å². The maximum absolute atomic E-state index is 2.10. The summed E-state index contributed by atoms with van der Waals surface area (Å²) in [4.78, 5) is 0. The fraction of sp³-hybridized carbons (Fsp3) is 1.00. The first-order valence-corrected chi connectivity index (χ1v) is 11.2. The fourth-order valence-corrected chi connectivity index (χ4v) is 10.3. The van der Waals surface area contributed by atoms with Crippen LogP contribution in [0.2, 0.25) is 0 Å². The summed E-state index contributed by atoms with van der Waals surface area (Å²) in [5, 5.41) is 3.18. The van der Waals surface area contributed by atoms with Crippen LogP contribution in [0.15, 0.2) is 0 Å². The zero-order valence-corrected chi connectivity index (χ0v) is 12.0. The lowest BCUT2D eigenvalue weighted by atomic mass is 10.5. The number of rotatable bonds is 6. The van der Waals surface area contributed by atoms with E-state index in [0.717, 1.165) is 10.5 Å². The van der Waals surface area contributed by atoms with Crippen LogP contribution in [0.1, 0.15) is 0 Å². The molecule has 2 saturated heterocycles. The minimum absolute atomic E-state index is 0.958. The second-order valence-corrected chi connectivity index (χ2v) is 10.7. The zero-order chi connectivity index (χ0) is 8.93. The van der Waals surface area contributed by atoms with E-state index >= 15 is 0 Å². The quantitative estimate of drug-likeness (QED) is 0.409. The van der Waals surface area contributed by atoms with Crippen molar-refractivity contribution in [2.45, 2.75) is 10.5 Å². The van der Waals surface area contributed by atoms with Crippen molar-refractivity contribution in [1.82, 2.24) is 0 Å². The van der Waals surface area contributed by atoms with Crippen LogP contribution >= 0.6 is 66.7 Å². The summed E-state index contributed by atoms with van der Waals surface area (Å²) >= 11 is 4.16. The molecule has 6 heteroatoms. The van der Waals surface area contributed by atoms with Gasteiger partial charge in [-0.2, -0.15) is 23.5 Å². The van der Waals surface area contributed by atoms with Crippen LogP contribution in [0, 0.1) is 0 Å². The summed E-state index contributed by atoms with van der Waals surface area (Å²) in [6.45, 7) is 0. The SMILES string of the molecule is C(SSC1CSC1)SSC1CSC1. The fourth-order valence-electron chi connectivity index (χ4n) is 0.807. The molecule has 2 rings (SSSR count). The molecule has 0 bridgehead atoms. The third-order valence-corrected chi connectivity index (χ3v) is 11.6. The van der Waals surface area contributed by atoms with Gasteiger partial charge in [0.15, 0.2) is 0 Å². The van der Waals surface area contributed by atoms with Gasteiger partial charge in [-0.1, -0.05) is 43.2 Å². The third kappa shape index (κ3) is 4.23. The van der Waals surface area contributed by atoms with Gasteiger partial charge in [0.1, 0.15) is 0 Å². The van der Waals surface area contributed by atoms with Crippen LogP contribution in [-0.2, 0) is 0 Å². The van der Waals surface area contributed by atoms with Gasteiger partial charge in [-0.25, -0.2) is 0 Å². The van der Waals surface area contributed by atoms with Crippen LogP contribution in [-0.4, -0.2) is 38.6 Å². The lowest BCUT2D eigenvalue weighted by Gasteiger charge is -2.24. The Bertz CT molecular complexity index is 128. The van der Waals surface area contributed by atoms with Crippen molar-refractivity contribution in [2.24, 2.45) is 0 Å². The Hall–Kier alpha value is 2.10. The van der Waals surface area contributed by atoms with E-state index in [0.29, 0.717) is 0 Å². The summed E-state index contributed by atoms with van der Waals surface area (Å²) in [6, 6.07) is 0. The topological polar surface area (TPSA) is 0 Å². The van der Waals surface area contributed by atoms with Crippen LogP contribution in [0.25, 0.3) is 0 Å². The molecule has 0 N–H and O–H groups in total. The summed E-state index contributed by atoms with van der Waals surface area (Å²) in [5.41, 5.74) is 0. The number of hydrogen-bond donors (Lipinski definition) is 0. The first kappa shape index (κ1) is 11.6. The van der Waals surface area contributed by atoms with Crippen molar-refractivity contribution < 1.29 is 0 Å². The maximum Gasteiger partial charge on any atom is 0.0600 e. The van der Waals surface area contributed by atoms with Crippen LogP contribution < -0.4 is 0 Å². The Kier molecular flexibility index (Phi) is 5.91. The van der Waals surface area contributed by atoms with Crippen molar-refractivity contribution in [3.63, 3.8) is 0 Å². The highest BCUT2D eigenvalue weighted by Crippen LogP contribution is 2.43. The molecule has 0 unspecified atom stereocenters. The molecule has 0 spiro atoms. The number of thioether (sulfide) groups is 2. The first-order valence-electron chi connectivity index (χ1n) is 4.17.